The molecule has 0 saturated heterocycles. The maximum absolute atomic E-state index is 10.3. The zero-order chi connectivity index (χ0) is 16.0. The van der Waals surface area contributed by atoms with Gasteiger partial charge >= 0.3 is 5.97 Å². The van der Waals surface area contributed by atoms with Gasteiger partial charge in [-0.15, -0.1) is 0 Å². The Morgan fingerprint density at radius 2 is 1.73 bits per heavy atom. The van der Waals surface area contributed by atoms with Gasteiger partial charge in [0.1, 0.15) is 0 Å². The van der Waals surface area contributed by atoms with Crippen molar-refractivity contribution in [2.75, 3.05) is 0 Å². The minimum Gasteiger partial charge on any atom is -0.478 e. The van der Waals surface area contributed by atoms with Gasteiger partial charge in [0.2, 0.25) is 0 Å². The van der Waals surface area contributed by atoms with Crippen LogP contribution in [0.15, 0.2) is 36.5 Å². The Bertz CT molecular complexity index is 379. The molecule has 2 heteroatoms. The molecule has 0 aromatic heterocycles. The van der Waals surface area contributed by atoms with Crippen LogP contribution in [0.1, 0.15) is 71.1 Å². The van der Waals surface area contributed by atoms with Crippen molar-refractivity contribution in [3.05, 3.63) is 36.5 Å². The van der Waals surface area contributed by atoms with E-state index in [0.29, 0.717) is 0 Å². The highest BCUT2D eigenvalue weighted by Gasteiger charge is 2.24. The summed E-state index contributed by atoms with van der Waals surface area (Å²) in [6.07, 6.45) is 24.6. The molecular weight excluding hydrogens is 272 g/mol. The summed E-state index contributed by atoms with van der Waals surface area (Å²) in [7, 11) is 0. The average Bonchev–Trinajstić information content (AvgIpc) is 2.93. The number of carboxylic acids is 1. The van der Waals surface area contributed by atoms with Crippen molar-refractivity contribution < 1.29 is 9.90 Å². The second-order valence-corrected chi connectivity index (χ2v) is 6.38. The van der Waals surface area contributed by atoms with Crippen LogP contribution in [-0.4, -0.2) is 11.1 Å². The SMILES string of the molecule is CCCCCCCC[C@H]1CCC[C@H]1C=CC=CC=CC(=O)O. The van der Waals surface area contributed by atoms with Gasteiger partial charge in [0, 0.05) is 6.08 Å². The van der Waals surface area contributed by atoms with E-state index < -0.39 is 5.97 Å². The van der Waals surface area contributed by atoms with Crippen molar-refractivity contribution in [1.82, 2.24) is 0 Å². The number of allylic oxidation sites excluding steroid dienone is 5. The van der Waals surface area contributed by atoms with Gasteiger partial charge in [-0.3, -0.25) is 0 Å². The maximum Gasteiger partial charge on any atom is 0.328 e. The van der Waals surface area contributed by atoms with Crippen LogP contribution in [0.4, 0.5) is 0 Å². The van der Waals surface area contributed by atoms with E-state index in [1.54, 1.807) is 12.2 Å². The van der Waals surface area contributed by atoms with Crippen LogP contribution in [0.5, 0.6) is 0 Å². The van der Waals surface area contributed by atoms with Crippen LogP contribution in [0.2, 0.25) is 0 Å². The van der Waals surface area contributed by atoms with Gasteiger partial charge in [-0.25, -0.2) is 4.79 Å². The Morgan fingerprint density at radius 1 is 1.00 bits per heavy atom. The molecule has 0 aliphatic heterocycles. The summed E-state index contributed by atoms with van der Waals surface area (Å²) in [4.78, 5) is 10.3. The van der Waals surface area contributed by atoms with Gasteiger partial charge in [0.25, 0.3) is 0 Å². The van der Waals surface area contributed by atoms with Crippen molar-refractivity contribution in [2.24, 2.45) is 11.8 Å². The third-order valence-electron chi connectivity index (χ3n) is 4.58. The van der Waals surface area contributed by atoms with Gasteiger partial charge in [-0.1, -0.05) is 82.2 Å². The van der Waals surface area contributed by atoms with E-state index in [0.717, 1.165) is 17.9 Å². The van der Waals surface area contributed by atoms with Crippen LogP contribution >= 0.6 is 0 Å². The van der Waals surface area contributed by atoms with Crippen molar-refractivity contribution in [2.45, 2.75) is 71.1 Å². The Balaban J connectivity index is 2.20. The Labute approximate surface area is 136 Å². The monoisotopic (exact) mass is 304 g/mol. The quantitative estimate of drug-likeness (QED) is 0.293. The standard InChI is InChI=1S/C20H32O2/c1-2-3-4-5-6-9-13-18-15-12-16-19(18)14-10-7-8-11-17-20(21)22/h7-8,10-11,14,17-19H,2-6,9,12-13,15-16H2,1H3,(H,21,22)/t18-,19+/m0/s1. The molecule has 0 amide bonds. The number of unbranched alkanes of at least 4 members (excludes halogenated alkanes) is 5. The van der Waals surface area contributed by atoms with Crippen molar-refractivity contribution >= 4 is 5.97 Å². The molecule has 0 spiro atoms. The van der Waals surface area contributed by atoms with Gasteiger partial charge in [-0.2, -0.15) is 0 Å². The van der Waals surface area contributed by atoms with Gasteiger partial charge < -0.3 is 5.11 Å². The van der Waals surface area contributed by atoms with Crippen molar-refractivity contribution in [3.63, 3.8) is 0 Å². The van der Waals surface area contributed by atoms with Crippen LogP contribution in [0.25, 0.3) is 0 Å². The number of hydrogen-bond acceptors (Lipinski definition) is 1. The van der Waals surface area contributed by atoms with Crippen LogP contribution in [0.3, 0.4) is 0 Å². The molecule has 0 aromatic rings. The van der Waals surface area contributed by atoms with E-state index in [-0.39, 0.29) is 0 Å². The highest BCUT2D eigenvalue weighted by Crippen LogP contribution is 2.36. The van der Waals surface area contributed by atoms with E-state index in [2.05, 4.69) is 19.1 Å². The minimum atomic E-state index is -0.900. The predicted octanol–water partition coefficient (Wildman–Crippen LogP) is 5.91. The minimum absolute atomic E-state index is 0.726. The highest BCUT2D eigenvalue weighted by atomic mass is 16.4. The molecule has 1 aliphatic carbocycles. The number of carboxylic acid groups (broad SMARTS) is 1. The molecule has 0 radical (unpaired) electrons. The van der Waals surface area contributed by atoms with Gasteiger partial charge in [-0.05, 0) is 31.1 Å². The zero-order valence-corrected chi connectivity index (χ0v) is 14.0. The normalized spacial score (nSPS) is 22.4. The zero-order valence-electron chi connectivity index (χ0n) is 14.0. The molecule has 124 valence electrons. The third-order valence-corrected chi connectivity index (χ3v) is 4.58. The number of carbonyl (C=O) groups is 1. The second-order valence-electron chi connectivity index (χ2n) is 6.38. The molecular formula is C20H32O2. The molecule has 1 N–H and O–H groups in total. The summed E-state index contributed by atoms with van der Waals surface area (Å²) in [5.74, 6) is 0.692. The lowest BCUT2D eigenvalue weighted by Crippen LogP contribution is -2.04. The highest BCUT2D eigenvalue weighted by molar-refractivity contribution is 5.80. The largest absolute Gasteiger partial charge is 0.478 e. The second kappa shape index (κ2) is 12.3. The molecule has 2 atom stereocenters. The lowest BCUT2D eigenvalue weighted by molar-refractivity contribution is -0.131. The fourth-order valence-corrected chi connectivity index (χ4v) is 3.34. The predicted molar refractivity (Wildman–Crippen MR) is 93.9 cm³/mol. The first-order valence-corrected chi connectivity index (χ1v) is 8.98. The molecule has 0 unspecified atom stereocenters. The first-order chi connectivity index (χ1) is 10.7. The lowest BCUT2D eigenvalue weighted by Gasteiger charge is -2.15. The summed E-state index contributed by atoms with van der Waals surface area (Å²) in [5.41, 5.74) is 0. The van der Waals surface area contributed by atoms with E-state index in [9.17, 15) is 4.79 Å². The van der Waals surface area contributed by atoms with E-state index in [4.69, 9.17) is 5.11 Å². The molecule has 1 fully saturated rings. The molecule has 1 aliphatic rings. The smallest absolute Gasteiger partial charge is 0.328 e. The topological polar surface area (TPSA) is 37.3 Å². The van der Waals surface area contributed by atoms with Crippen LogP contribution in [-0.2, 0) is 4.79 Å². The number of hydrogen-bond donors (Lipinski definition) is 1. The Kier molecular flexibility index (Phi) is 10.4. The van der Waals surface area contributed by atoms with Crippen molar-refractivity contribution in [3.8, 4) is 0 Å². The Morgan fingerprint density at radius 3 is 2.50 bits per heavy atom. The molecule has 0 bridgehead atoms. The summed E-state index contributed by atoms with van der Waals surface area (Å²) in [6.45, 7) is 2.27. The molecule has 0 heterocycles. The molecule has 22 heavy (non-hydrogen) atoms. The summed E-state index contributed by atoms with van der Waals surface area (Å²) >= 11 is 0. The molecule has 1 saturated carbocycles. The first kappa shape index (κ1) is 18.7. The molecule has 2 nitrogen and oxygen atoms in total. The number of aliphatic carboxylic acids is 1. The molecule has 1 rings (SSSR count). The Hall–Kier alpha value is -1.31. The van der Waals surface area contributed by atoms with E-state index >= 15 is 0 Å². The number of rotatable bonds is 11. The van der Waals surface area contributed by atoms with E-state index in [1.165, 1.54) is 64.2 Å². The first-order valence-electron chi connectivity index (χ1n) is 8.98. The fraction of sp³-hybridized carbons (Fsp3) is 0.650. The summed E-state index contributed by atoms with van der Waals surface area (Å²) in [5, 5.41) is 8.49. The molecule has 0 aromatic carbocycles. The average molecular weight is 304 g/mol. The maximum atomic E-state index is 10.3. The third kappa shape index (κ3) is 8.86. The summed E-state index contributed by atoms with van der Waals surface area (Å²) in [6, 6.07) is 0. The van der Waals surface area contributed by atoms with Crippen molar-refractivity contribution in [1.29, 1.82) is 0 Å². The van der Waals surface area contributed by atoms with Gasteiger partial charge in [0.05, 0.1) is 0 Å². The fourth-order valence-electron chi connectivity index (χ4n) is 3.34. The van der Waals surface area contributed by atoms with Gasteiger partial charge in [0.15, 0.2) is 0 Å². The van der Waals surface area contributed by atoms with Crippen LogP contribution in [0, 0.1) is 11.8 Å². The van der Waals surface area contributed by atoms with Crippen LogP contribution < -0.4 is 0 Å². The summed E-state index contributed by atoms with van der Waals surface area (Å²) < 4.78 is 0. The van der Waals surface area contributed by atoms with E-state index in [1.807, 2.05) is 6.08 Å². The lowest BCUT2D eigenvalue weighted by atomic mass is 9.90.